The van der Waals surface area contributed by atoms with E-state index in [4.69, 9.17) is 4.42 Å². The molecule has 2 heterocycles. The summed E-state index contributed by atoms with van der Waals surface area (Å²) in [5.74, 6) is 1.15. The molecular formula is C30H23N2O+. The third-order valence-corrected chi connectivity index (χ3v) is 7.20. The van der Waals surface area contributed by atoms with Crippen molar-refractivity contribution in [1.29, 1.82) is 0 Å². The number of hydrogen-bond donors (Lipinski definition) is 0. The second-order valence-corrected chi connectivity index (χ2v) is 8.99. The molecule has 0 saturated carbocycles. The van der Waals surface area contributed by atoms with Crippen LogP contribution in [0.4, 0.5) is 0 Å². The van der Waals surface area contributed by atoms with Crippen molar-refractivity contribution in [1.82, 2.24) is 4.57 Å². The predicted molar refractivity (Wildman–Crippen MR) is 137 cm³/mol. The lowest BCUT2D eigenvalue weighted by atomic mass is 9.97. The van der Waals surface area contributed by atoms with E-state index in [1.54, 1.807) is 0 Å². The molecule has 2 aromatic heterocycles. The zero-order valence-corrected chi connectivity index (χ0v) is 18.9. The number of nitrogens with zero attached hydrogens (tertiary/aromatic N) is 2. The van der Waals surface area contributed by atoms with Crippen molar-refractivity contribution in [2.24, 2.45) is 14.1 Å². The summed E-state index contributed by atoms with van der Waals surface area (Å²) in [6.07, 6.45) is 0. The highest BCUT2D eigenvalue weighted by Gasteiger charge is 2.27. The van der Waals surface area contributed by atoms with Crippen LogP contribution in [-0.4, -0.2) is 4.57 Å². The minimum Gasteiger partial charge on any atom is -0.455 e. The highest BCUT2D eigenvalue weighted by molar-refractivity contribution is 6.24. The molecule has 0 aliphatic carbocycles. The molecule has 0 spiro atoms. The first-order valence-electron chi connectivity index (χ1n) is 11.3. The monoisotopic (exact) mass is 427 g/mol. The van der Waals surface area contributed by atoms with Crippen molar-refractivity contribution in [3.63, 3.8) is 0 Å². The Morgan fingerprint density at radius 2 is 1.48 bits per heavy atom. The Morgan fingerprint density at radius 3 is 2.36 bits per heavy atom. The molecule has 3 heteroatoms. The second kappa shape index (κ2) is 6.46. The summed E-state index contributed by atoms with van der Waals surface area (Å²) in [6, 6.07) is 30.4. The summed E-state index contributed by atoms with van der Waals surface area (Å²) in [4.78, 5) is 0. The highest BCUT2D eigenvalue weighted by atomic mass is 16.3. The average Bonchev–Trinajstić information content (AvgIpc) is 3.34. The van der Waals surface area contributed by atoms with Gasteiger partial charge in [-0.05, 0) is 52.2 Å². The SMILES string of the molecule is Cc1ccc2c(oc3ccc4c5ccccc5ccc4c32)c1-c1n(C)c2ccccc2[n+]1C. The largest absolute Gasteiger partial charge is 0.455 e. The fourth-order valence-corrected chi connectivity index (χ4v) is 5.62. The summed E-state index contributed by atoms with van der Waals surface area (Å²) in [5.41, 5.74) is 6.66. The van der Waals surface area contributed by atoms with Gasteiger partial charge in [0.2, 0.25) is 0 Å². The molecule has 0 fully saturated rings. The average molecular weight is 428 g/mol. The van der Waals surface area contributed by atoms with Gasteiger partial charge in [0.05, 0.1) is 14.1 Å². The Balaban J connectivity index is 1.65. The van der Waals surface area contributed by atoms with Gasteiger partial charge in [0.1, 0.15) is 11.1 Å². The number of para-hydroxylation sites is 2. The minimum absolute atomic E-state index is 0.932. The number of furan rings is 1. The molecule has 7 rings (SSSR count). The first kappa shape index (κ1) is 18.5. The topological polar surface area (TPSA) is 21.9 Å². The van der Waals surface area contributed by atoms with Gasteiger partial charge in [0.15, 0.2) is 16.6 Å². The van der Waals surface area contributed by atoms with E-state index in [0.29, 0.717) is 0 Å². The van der Waals surface area contributed by atoms with E-state index in [-0.39, 0.29) is 0 Å². The van der Waals surface area contributed by atoms with Crippen molar-refractivity contribution in [3.05, 3.63) is 90.5 Å². The molecule has 0 amide bonds. The Bertz CT molecular complexity index is 1860. The molecule has 0 atom stereocenters. The quantitative estimate of drug-likeness (QED) is 0.201. The third kappa shape index (κ3) is 2.37. The predicted octanol–water partition coefficient (Wildman–Crippen LogP) is 7.18. The van der Waals surface area contributed by atoms with E-state index in [9.17, 15) is 0 Å². The van der Waals surface area contributed by atoms with Crippen LogP contribution >= 0.6 is 0 Å². The number of benzene rings is 5. The first-order chi connectivity index (χ1) is 16.1. The number of aromatic nitrogens is 2. The fourth-order valence-electron chi connectivity index (χ4n) is 5.62. The molecule has 0 aliphatic heterocycles. The van der Waals surface area contributed by atoms with Gasteiger partial charge in [-0.3, -0.25) is 0 Å². The molecule has 0 bridgehead atoms. The first-order valence-corrected chi connectivity index (χ1v) is 11.3. The normalized spacial score (nSPS) is 12.1. The summed E-state index contributed by atoms with van der Waals surface area (Å²) in [6.45, 7) is 2.17. The van der Waals surface area contributed by atoms with Crippen LogP contribution in [0.1, 0.15) is 5.56 Å². The number of fused-ring (bicyclic) bond motifs is 8. The molecule has 0 radical (unpaired) electrons. The van der Waals surface area contributed by atoms with E-state index >= 15 is 0 Å². The fraction of sp³-hybridized carbons (Fsp3) is 0.100. The van der Waals surface area contributed by atoms with Crippen molar-refractivity contribution in [2.45, 2.75) is 6.92 Å². The Labute approximate surface area is 191 Å². The molecule has 3 nitrogen and oxygen atoms in total. The second-order valence-electron chi connectivity index (χ2n) is 8.99. The van der Waals surface area contributed by atoms with Crippen molar-refractivity contribution < 1.29 is 8.98 Å². The maximum Gasteiger partial charge on any atom is 0.293 e. The van der Waals surface area contributed by atoms with Crippen LogP contribution in [0.25, 0.3) is 65.9 Å². The molecule has 0 N–H and O–H groups in total. The Morgan fingerprint density at radius 1 is 0.727 bits per heavy atom. The summed E-state index contributed by atoms with van der Waals surface area (Å²) < 4.78 is 11.2. The van der Waals surface area contributed by atoms with Gasteiger partial charge in [0, 0.05) is 10.8 Å². The van der Waals surface area contributed by atoms with Gasteiger partial charge in [-0.15, -0.1) is 0 Å². The number of aryl methyl sites for hydroxylation is 3. The van der Waals surface area contributed by atoms with E-state index in [1.807, 2.05) is 0 Å². The van der Waals surface area contributed by atoms with Crippen LogP contribution < -0.4 is 4.57 Å². The number of rotatable bonds is 1. The van der Waals surface area contributed by atoms with Gasteiger partial charge in [-0.1, -0.05) is 66.7 Å². The zero-order valence-electron chi connectivity index (χ0n) is 18.9. The van der Waals surface area contributed by atoms with Crippen LogP contribution in [0.3, 0.4) is 0 Å². The lowest BCUT2D eigenvalue weighted by Crippen LogP contribution is -2.30. The van der Waals surface area contributed by atoms with Crippen LogP contribution in [0, 0.1) is 6.92 Å². The molecule has 0 saturated heterocycles. The van der Waals surface area contributed by atoms with Crippen molar-refractivity contribution in [2.75, 3.05) is 0 Å². The van der Waals surface area contributed by atoms with Crippen molar-refractivity contribution >= 4 is 54.5 Å². The van der Waals surface area contributed by atoms with Gasteiger partial charge in [-0.2, -0.15) is 0 Å². The van der Waals surface area contributed by atoms with E-state index < -0.39 is 0 Å². The molecule has 0 aliphatic rings. The molecule has 158 valence electrons. The van der Waals surface area contributed by atoms with Crippen molar-refractivity contribution in [3.8, 4) is 11.4 Å². The molecule has 7 aromatic rings. The standard InChI is InChI=1S/C30H23N2O/c1-18-12-14-23-28-22-15-13-19-8-4-5-9-20(19)21(22)16-17-26(28)33-29(23)27(18)30-31(2)24-10-6-7-11-25(24)32(30)3/h4-17H,1-3H3/q+1. The molecule has 0 unspecified atom stereocenters. The van der Waals surface area contributed by atoms with Crippen LogP contribution in [0.15, 0.2) is 89.3 Å². The number of hydrogen-bond acceptors (Lipinski definition) is 1. The lowest BCUT2D eigenvalue weighted by molar-refractivity contribution is -0.634. The zero-order chi connectivity index (χ0) is 22.3. The van der Waals surface area contributed by atoms with E-state index in [0.717, 1.165) is 27.9 Å². The van der Waals surface area contributed by atoms with Crippen LogP contribution in [0.5, 0.6) is 0 Å². The van der Waals surface area contributed by atoms with Gasteiger partial charge >= 0.3 is 0 Å². The Kier molecular flexibility index (Phi) is 3.61. The summed E-state index contributed by atoms with van der Waals surface area (Å²) in [5, 5.41) is 7.39. The highest BCUT2D eigenvalue weighted by Crippen LogP contribution is 2.41. The maximum atomic E-state index is 6.62. The van der Waals surface area contributed by atoms with Gasteiger partial charge < -0.3 is 4.42 Å². The smallest absolute Gasteiger partial charge is 0.293 e. The summed E-state index contributed by atoms with van der Waals surface area (Å²) >= 11 is 0. The number of imidazole rings is 1. The Hall–Kier alpha value is -4.11. The minimum atomic E-state index is 0.932. The van der Waals surface area contributed by atoms with E-state index in [2.05, 4.69) is 115 Å². The molecule has 33 heavy (non-hydrogen) atoms. The van der Waals surface area contributed by atoms with Gasteiger partial charge in [0.25, 0.3) is 5.82 Å². The van der Waals surface area contributed by atoms with E-state index in [1.165, 1.54) is 43.5 Å². The van der Waals surface area contributed by atoms with Crippen LogP contribution in [0.2, 0.25) is 0 Å². The lowest BCUT2D eigenvalue weighted by Gasteiger charge is -2.06. The van der Waals surface area contributed by atoms with Crippen LogP contribution in [-0.2, 0) is 14.1 Å². The maximum absolute atomic E-state index is 6.62. The third-order valence-electron chi connectivity index (χ3n) is 7.20. The summed E-state index contributed by atoms with van der Waals surface area (Å²) in [7, 11) is 4.28. The molecular weight excluding hydrogens is 404 g/mol. The van der Waals surface area contributed by atoms with Gasteiger partial charge in [-0.25, -0.2) is 9.13 Å². The molecule has 5 aromatic carbocycles.